The lowest BCUT2D eigenvalue weighted by molar-refractivity contribution is 0.317. The van der Waals surface area contributed by atoms with Gasteiger partial charge in [0.25, 0.3) is 0 Å². The van der Waals surface area contributed by atoms with Crippen LogP contribution in [0.5, 0.6) is 0 Å². The van der Waals surface area contributed by atoms with E-state index in [0.29, 0.717) is 0 Å². The van der Waals surface area contributed by atoms with Gasteiger partial charge in [0.05, 0.1) is 9.50 Å². The maximum Gasteiger partial charge on any atom is 0.0879 e. The minimum absolute atomic E-state index is 0.832. The predicted molar refractivity (Wildman–Crippen MR) is 53.3 cm³/mol. The first-order valence-corrected chi connectivity index (χ1v) is 5.41. The van der Waals surface area contributed by atoms with Crippen molar-refractivity contribution in [2.45, 2.75) is 19.3 Å². The molecular weight excluding hydrogens is 238 g/mol. The van der Waals surface area contributed by atoms with Gasteiger partial charge < -0.3 is 5.21 Å². The van der Waals surface area contributed by atoms with Gasteiger partial charge in [-0.25, -0.2) is 0 Å². The number of halogens is 1. The van der Waals surface area contributed by atoms with Gasteiger partial charge >= 0.3 is 0 Å². The van der Waals surface area contributed by atoms with Gasteiger partial charge in [-0.15, -0.1) is 11.3 Å². The van der Waals surface area contributed by atoms with Crippen molar-refractivity contribution in [1.82, 2.24) is 0 Å². The number of aryl methyl sites for hydroxylation is 1. The first-order chi connectivity index (χ1) is 5.81. The van der Waals surface area contributed by atoms with Gasteiger partial charge in [0.2, 0.25) is 0 Å². The van der Waals surface area contributed by atoms with Crippen LogP contribution in [0.3, 0.4) is 0 Å². The summed E-state index contributed by atoms with van der Waals surface area (Å²) in [5.74, 6) is 0. The van der Waals surface area contributed by atoms with E-state index in [1.807, 2.05) is 6.07 Å². The number of oxime groups is 1. The highest BCUT2D eigenvalue weighted by Gasteiger charge is 2.18. The summed E-state index contributed by atoms with van der Waals surface area (Å²) in [7, 11) is 0. The van der Waals surface area contributed by atoms with Crippen LogP contribution in [-0.4, -0.2) is 10.9 Å². The molecule has 12 heavy (non-hydrogen) atoms. The molecule has 64 valence electrons. The Kier molecular flexibility index (Phi) is 2.19. The third-order valence-electron chi connectivity index (χ3n) is 2.03. The lowest BCUT2D eigenvalue weighted by atomic mass is 9.97. The minimum Gasteiger partial charge on any atom is -0.411 e. The molecule has 2 rings (SSSR count). The van der Waals surface area contributed by atoms with Crippen molar-refractivity contribution in [3.8, 4) is 0 Å². The lowest BCUT2D eigenvalue weighted by Crippen LogP contribution is -2.08. The standard InChI is InChI=1S/C8H8BrNOS/c9-8-4-5-6(10-11)2-1-3-7(5)12-8/h4,11H,1-3H2/b10-6+. The summed E-state index contributed by atoms with van der Waals surface area (Å²) in [6.07, 6.45) is 3.11. The Morgan fingerprint density at radius 1 is 1.50 bits per heavy atom. The Hall–Kier alpha value is -0.350. The second kappa shape index (κ2) is 3.18. The van der Waals surface area contributed by atoms with E-state index in [1.165, 1.54) is 4.88 Å². The first kappa shape index (κ1) is 8.26. The maximum atomic E-state index is 8.72. The smallest absolute Gasteiger partial charge is 0.0879 e. The number of nitrogens with zero attached hydrogens (tertiary/aromatic N) is 1. The first-order valence-electron chi connectivity index (χ1n) is 3.81. The van der Waals surface area contributed by atoms with Crippen LogP contribution < -0.4 is 0 Å². The average Bonchev–Trinajstić information content (AvgIpc) is 2.44. The zero-order valence-electron chi connectivity index (χ0n) is 6.38. The summed E-state index contributed by atoms with van der Waals surface area (Å²) >= 11 is 5.16. The molecule has 1 aromatic heterocycles. The molecule has 0 fully saturated rings. The summed E-state index contributed by atoms with van der Waals surface area (Å²) in [5.41, 5.74) is 1.96. The van der Waals surface area contributed by atoms with Crippen molar-refractivity contribution in [3.63, 3.8) is 0 Å². The van der Waals surface area contributed by atoms with Crippen molar-refractivity contribution < 1.29 is 5.21 Å². The Balaban J connectivity index is 2.50. The largest absolute Gasteiger partial charge is 0.411 e. The van der Waals surface area contributed by atoms with Crippen LogP contribution in [0, 0.1) is 0 Å². The van der Waals surface area contributed by atoms with Gasteiger partial charge in [-0.3, -0.25) is 0 Å². The molecule has 4 heteroatoms. The van der Waals surface area contributed by atoms with E-state index in [2.05, 4.69) is 21.1 Å². The summed E-state index contributed by atoms with van der Waals surface area (Å²) in [6.45, 7) is 0. The van der Waals surface area contributed by atoms with Crippen molar-refractivity contribution in [1.29, 1.82) is 0 Å². The Bertz CT molecular complexity index is 332. The van der Waals surface area contributed by atoms with Crippen LogP contribution in [0.4, 0.5) is 0 Å². The summed E-state index contributed by atoms with van der Waals surface area (Å²) < 4.78 is 1.12. The minimum atomic E-state index is 0.832. The van der Waals surface area contributed by atoms with Crippen LogP contribution in [0.15, 0.2) is 15.0 Å². The fraction of sp³-hybridized carbons (Fsp3) is 0.375. The fourth-order valence-corrected chi connectivity index (χ4v) is 3.24. The van der Waals surface area contributed by atoms with E-state index >= 15 is 0 Å². The van der Waals surface area contributed by atoms with Crippen molar-refractivity contribution in [2.24, 2.45) is 5.16 Å². The van der Waals surface area contributed by atoms with Gasteiger partial charge in [0.1, 0.15) is 0 Å². The molecule has 1 heterocycles. The molecule has 0 saturated heterocycles. The highest BCUT2D eigenvalue weighted by molar-refractivity contribution is 9.11. The van der Waals surface area contributed by atoms with Crippen molar-refractivity contribution in [2.75, 3.05) is 0 Å². The third-order valence-corrected chi connectivity index (χ3v) is 3.73. The Morgan fingerprint density at radius 3 is 3.08 bits per heavy atom. The molecule has 0 bridgehead atoms. The molecular formula is C8H8BrNOS. The summed E-state index contributed by atoms with van der Waals surface area (Å²) in [4.78, 5) is 1.33. The number of rotatable bonds is 0. The SMILES string of the molecule is O/N=C1\CCCc2sc(Br)cc21. The number of hydrogen-bond donors (Lipinski definition) is 1. The molecule has 1 aromatic rings. The van der Waals surface area contributed by atoms with Crippen molar-refractivity contribution in [3.05, 3.63) is 20.3 Å². The molecule has 0 atom stereocenters. The summed E-state index contributed by atoms with van der Waals surface area (Å²) in [6, 6.07) is 2.04. The second-order valence-corrected chi connectivity index (χ2v) is 5.30. The molecule has 0 aromatic carbocycles. The Morgan fingerprint density at radius 2 is 2.33 bits per heavy atom. The average molecular weight is 246 g/mol. The van der Waals surface area contributed by atoms with E-state index in [-0.39, 0.29) is 0 Å². The van der Waals surface area contributed by atoms with Crippen LogP contribution in [-0.2, 0) is 6.42 Å². The highest BCUT2D eigenvalue weighted by Crippen LogP contribution is 2.32. The molecule has 0 radical (unpaired) electrons. The number of fused-ring (bicyclic) bond motifs is 1. The molecule has 0 amide bonds. The fourth-order valence-electron chi connectivity index (χ4n) is 1.48. The molecule has 1 aliphatic carbocycles. The van der Waals surface area contributed by atoms with E-state index in [4.69, 9.17) is 5.21 Å². The van der Waals surface area contributed by atoms with Gasteiger partial charge in [0, 0.05) is 10.4 Å². The van der Waals surface area contributed by atoms with Gasteiger partial charge in [-0.05, 0) is 41.3 Å². The molecule has 0 aliphatic heterocycles. The molecule has 0 spiro atoms. The number of thiophene rings is 1. The molecule has 0 unspecified atom stereocenters. The predicted octanol–water partition coefficient (Wildman–Crippen LogP) is 3.03. The third kappa shape index (κ3) is 1.29. The summed E-state index contributed by atoms with van der Waals surface area (Å²) in [5, 5.41) is 12.0. The second-order valence-electron chi connectivity index (χ2n) is 2.79. The van der Waals surface area contributed by atoms with Gasteiger partial charge in [-0.2, -0.15) is 0 Å². The molecule has 1 N–H and O–H groups in total. The van der Waals surface area contributed by atoms with Gasteiger partial charge in [0.15, 0.2) is 0 Å². The van der Waals surface area contributed by atoms with Crippen LogP contribution >= 0.6 is 27.3 Å². The normalized spacial score (nSPS) is 19.6. The van der Waals surface area contributed by atoms with Crippen LogP contribution in [0.1, 0.15) is 23.3 Å². The van der Waals surface area contributed by atoms with Gasteiger partial charge in [-0.1, -0.05) is 5.16 Å². The van der Waals surface area contributed by atoms with E-state index in [1.54, 1.807) is 11.3 Å². The molecule has 0 saturated carbocycles. The zero-order valence-corrected chi connectivity index (χ0v) is 8.78. The van der Waals surface area contributed by atoms with E-state index < -0.39 is 0 Å². The van der Waals surface area contributed by atoms with E-state index in [0.717, 1.165) is 34.3 Å². The van der Waals surface area contributed by atoms with Crippen LogP contribution in [0.25, 0.3) is 0 Å². The monoisotopic (exact) mass is 245 g/mol. The number of hydrogen-bond acceptors (Lipinski definition) is 3. The zero-order chi connectivity index (χ0) is 8.55. The van der Waals surface area contributed by atoms with Crippen LogP contribution in [0.2, 0.25) is 0 Å². The quantitative estimate of drug-likeness (QED) is 0.553. The lowest BCUT2D eigenvalue weighted by Gasteiger charge is -2.10. The molecule has 2 nitrogen and oxygen atoms in total. The molecule has 1 aliphatic rings. The highest BCUT2D eigenvalue weighted by atomic mass is 79.9. The van der Waals surface area contributed by atoms with E-state index in [9.17, 15) is 0 Å². The Labute approximate surface area is 83.0 Å². The maximum absolute atomic E-state index is 8.72. The topological polar surface area (TPSA) is 32.6 Å². The van der Waals surface area contributed by atoms with Crippen molar-refractivity contribution >= 4 is 33.0 Å².